The first-order chi connectivity index (χ1) is 11.6. The number of fused-ring (bicyclic) bond motifs is 1. The van der Waals surface area contributed by atoms with Crippen molar-refractivity contribution < 1.29 is 9.53 Å². The second-order valence-corrected chi connectivity index (χ2v) is 6.48. The highest BCUT2D eigenvalue weighted by Crippen LogP contribution is 2.29. The third-order valence-electron chi connectivity index (χ3n) is 3.95. The lowest BCUT2D eigenvalue weighted by Gasteiger charge is -2.08. The summed E-state index contributed by atoms with van der Waals surface area (Å²) in [7, 11) is 0. The molecule has 1 amide bonds. The Hall–Kier alpha value is -2.27. The maximum Gasteiger partial charge on any atom is 0.407 e. The molecule has 2 N–H and O–H groups in total. The predicted octanol–water partition coefficient (Wildman–Crippen LogP) is 4.71. The van der Waals surface area contributed by atoms with Gasteiger partial charge in [0.05, 0.1) is 0 Å². The number of hydrogen-bond donors (Lipinski definition) is 2. The van der Waals surface area contributed by atoms with E-state index in [2.05, 4.69) is 39.2 Å². The average Bonchev–Trinajstić information content (AvgIpc) is 2.91. The lowest BCUT2D eigenvalue weighted by molar-refractivity contribution is 0.140. The number of ether oxygens (including phenoxy) is 1. The molecule has 0 fully saturated rings. The monoisotopic (exact) mass is 386 g/mol. The minimum absolute atomic E-state index is 0.282. The molecular weight excluding hydrogens is 368 g/mol. The number of amides is 1. The number of hydrogen-bond acceptors (Lipinski definition) is 2. The molecule has 0 aliphatic carbocycles. The topological polar surface area (TPSA) is 54.1 Å². The summed E-state index contributed by atoms with van der Waals surface area (Å²) in [5, 5.41) is 3.99. The zero-order valence-corrected chi connectivity index (χ0v) is 15.0. The fourth-order valence-electron chi connectivity index (χ4n) is 2.78. The van der Waals surface area contributed by atoms with Crippen molar-refractivity contribution in [3.8, 4) is 0 Å². The van der Waals surface area contributed by atoms with Crippen molar-refractivity contribution in [1.29, 1.82) is 0 Å². The molecule has 1 aromatic heterocycles. The van der Waals surface area contributed by atoms with Crippen LogP contribution < -0.4 is 5.32 Å². The van der Waals surface area contributed by atoms with Gasteiger partial charge in [-0.3, -0.25) is 0 Å². The van der Waals surface area contributed by atoms with Gasteiger partial charge in [0.15, 0.2) is 0 Å². The van der Waals surface area contributed by atoms with Gasteiger partial charge in [-0.25, -0.2) is 4.79 Å². The number of alkyl carbamates (subject to hydrolysis) is 1. The molecule has 0 unspecified atom stereocenters. The molecule has 5 heteroatoms. The van der Waals surface area contributed by atoms with E-state index in [0.29, 0.717) is 6.54 Å². The van der Waals surface area contributed by atoms with E-state index in [1.165, 1.54) is 10.9 Å². The average molecular weight is 387 g/mol. The van der Waals surface area contributed by atoms with E-state index in [9.17, 15) is 4.79 Å². The van der Waals surface area contributed by atoms with E-state index in [0.717, 1.165) is 27.7 Å². The van der Waals surface area contributed by atoms with Crippen LogP contribution in [0.25, 0.3) is 10.9 Å². The molecule has 0 aliphatic rings. The third-order valence-corrected chi connectivity index (χ3v) is 4.61. The second-order valence-electron chi connectivity index (χ2n) is 5.63. The zero-order valence-electron chi connectivity index (χ0n) is 13.4. The smallest absolute Gasteiger partial charge is 0.407 e. The molecular formula is C19H19BrN2O2. The van der Waals surface area contributed by atoms with Crippen molar-refractivity contribution in [2.75, 3.05) is 6.54 Å². The number of halogens is 1. The molecule has 0 bridgehead atoms. The molecule has 0 atom stereocenters. The first kappa shape index (κ1) is 16.6. The van der Waals surface area contributed by atoms with Gasteiger partial charge in [-0.05, 0) is 36.6 Å². The number of rotatable bonds is 5. The lowest BCUT2D eigenvalue weighted by atomic mass is 10.1. The van der Waals surface area contributed by atoms with Crippen LogP contribution in [0.1, 0.15) is 16.8 Å². The Bertz CT molecular complexity index is 843. The highest BCUT2D eigenvalue weighted by molar-refractivity contribution is 9.10. The number of nitrogens with one attached hydrogen (secondary N) is 2. The molecule has 1 heterocycles. The number of carbonyl (C=O) groups excluding carboxylic acids is 1. The summed E-state index contributed by atoms with van der Waals surface area (Å²) >= 11 is 3.60. The van der Waals surface area contributed by atoms with E-state index in [1.807, 2.05) is 42.5 Å². The minimum atomic E-state index is -0.393. The highest BCUT2D eigenvalue weighted by Gasteiger charge is 2.11. The molecule has 3 aromatic rings. The van der Waals surface area contributed by atoms with Gasteiger partial charge < -0.3 is 15.0 Å². The van der Waals surface area contributed by atoms with Gasteiger partial charge in [0.2, 0.25) is 0 Å². The van der Waals surface area contributed by atoms with Crippen LogP contribution in [-0.4, -0.2) is 17.6 Å². The van der Waals surface area contributed by atoms with Gasteiger partial charge in [-0.15, -0.1) is 0 Å². The van der Waals surface area contributed by atoms with E-state index in [-0.39, 0.29) is 6.61 Å². The van der Waals surface area contributed by atoms with Crippen LogP contribution in [0.4, 0.5) is 4.79 Å². The van der Waals surface area contributed by atoms with E-state index in [1.54, 1.807) is 0 Å². The molecule has 2 aromatic carbocycles. The Morgan fingerprint density at radius 1 is 1.17 bits per heavy atom. The van der Waals surface area contributed by atoms with Crippen LogP contribution in [0.2, 0.25) is 0 Å². The number of aryl methyl sites for hydroxylation is 1. The third kappa shape index (κ3) is 3.79. The van der Waals surface area contributed by atoms with Crippen LogP contribution >= 0.6 is 15.9 Å². The van der Waals surface area contributed by atoms with E-state index in [4.69, 9.17) is 4.74 Å². The zero-order chi connectivity index (χ0) is 16.9. The van der Waals surface area contributed by atoms with Crippen molar-refractivity contribution in [2.24, 2.45) is 0 Å². The number of aromatic nitrogens is 1. The van der Waals surface area contributed by atoms with Gasteiger partial charge in [0, 0.05) is 27.6 Å². The van der Waals surface area contributed by atoms with Crippen molar-refractivity contribution in [3.05, 3.63) is 69.8 Å². The molecule has 24 heavy (non-hydrogen) atoms. The Kier molecular flexibility index (Phi) is 5.20. The van der Waals surface area contributed by atoms with Crippen LogP contribution in [0.5, 0.6) is 0 Å². The molecule has 0 saturated heterocycles. The maximum absolute atomic E-state index is 11.8. The normalized spacial score (nSPS) is 10.8. The Morgan fingerprint density at radius 3 is 2.75 bits per heavy atom. The lowest BCUT2D eigenvalue weighted by Crippen LogP contribution is -2.26. The number of aromatic amines is 1. The summed E-state index contributed by atoms with van der Waals surface area (Å²) in [6.45, 7) is 2.86. The van der Waals surface area contributed by atoms with Crippen LogP contribution in [-0.2, 0) is 17.8 Å². The SMILES string of the molecule is Cc1[nH]c2cccc(Br)c2c1CCNC(=O)OCc1ccccc1. The van der Waals surface area contributed by atoms with Gasteiger partial charge in [0.25, 0.3) is 0 Å². The Labute approximate surface area is 149 Å². The summed E-state index contributed by atoms with van der Waals surface area (Å²) in [6, 6.07) is 15.7. The predicted molar refractivity (Wildman–Crippen MR) is 99.1 cm³/mol. The van der Waals surface area contributed by atoms with E-state index < -0.39 is 6.09 Å². The summed E-state index contributed by atoms with van der Waals surface area (Å²) in [5.41, 5.74) is 4.41. The van der Waals surface area contributed by atoms with Gasteiger partial charge in [0.1, 0.15) is 6.61 Å². The molecule has 3 rings (SSSR count). The molecule has 124 valence electrons. The molecule has 0 saturated carbocycles. The number of carbonyl (C=O) groups is 1. The van der Waals surface area contributed by atoms with Gasteiger partial charge >= 0.3 is 6.09 Å². The van der Waals surface area contributed by atoms with Crippen molar-refractivity contribution in [1.82, 2.24) is 10.3 Å². The van der Waals surface area contributed by atoms with Crippen molar-refractivity contribution in [2.45, 2.75) is 20.0 Å². The Balaban J connectivity index is 1.55. The quantitative estimate of drug-likeness (QED) is 0.666. The number of benzene rings is 2. The fraction of sp³-hybridized carbons (Fsp3) is 0.211. The van der Waals surface area contributed by atoms with Crippen LogP contribution in [0.15, 0.2) is 53.0 Å². The molecule has 0 aliphatic heterocycles. The van der Waals surface area contributed by atoms with E-state index >= 15 is 0 Å². The van der Waals surface area contributed by atoms with Crippen molar-refractivity contribution >= 4 is 32.9 Å². The summed E-state index contributed by atoms with van der Waals surface area (Å²) in [4.78, 5) is 15.2. The standard InChI is InChI=1S/C19H19BrN2O2/c1-13-15(18-16(20)8-5-9-17(18)22-13)10-11-21-19(23)24-12-14-6-3-2-4-7-14/h2-9,22H,10-12H2,1H3,(H,21,23). The first-order valence-corrected chi connectivity index (χ1v) is 8.64. The van der Waals surface area contributed by atoms with Crippen LogP contribution in [0, 0.1) is 6.92 Å². The van der Waals surface area contributed by atoms with Gasteiger partial charge in [-0.1, -0.05) is 52.3 Å². The largest absolute Gasteiger partial charge is 0.445 e. The number of H-pyrrole nitrogens is 1. The summed E-state index contributed by atoms with van der Waals surface area (Å²) in [6.07, 6.45) is 0.352. The first-order valence-electron chi connectivity index (χ1n) is 7.85. The Morgan fingerprint density at radius 2 is 1.96 bits per heavy atom. The van der Waals surface area contributed by atoms with Crippen molar-refractivity contribution in [3.63, 3.8) is 0 Å². The fourth-order valence-corrected chi connectivity index (χ4v) is 3.38. The summed E-state index contributed by atoms with van der Waals surface area (Å²) in [5.74, 6) is 0. The molecule has 4 nitrogen and oxygen atoms in total. The molecule has 0 spiro atoms. The minimum Gasteiger partial charge on any atom is -0.445 e. The van der Waals surface area contributed by atoms with Crippen LogP contribution in [0.3, 0.4) is 0 Å². The van der Waals surface area contributed by atoms with Gasteiger partial charge in [-0.2, -0.15) is 0 Å². The summed E-state index contributed by atoms with van der Waals surface area (Å²) < 4.78 is 6.28. The second kappa shape index (κ2) is 7.53. The molecule has 0 radical (unpaired) electrons. The highest BCUT2D eigenvalue weighted by atomic mass is 79.9. The maximum atomic E-state index is 11.8.